The third-order valence-corrected chi connectivity index (χ3v) is 2.44. The monoisotopic (exact) mass is 269 g/mol. The van der Waals surface area contributed by atoms with Crippen molar-refractivity contribution in [1.82, 2.24) is 0 Å². The molecule has 0 heterocycles. The van der Waals surface area contributed by atoms with Crippen LogP contribution < -0.4 is 9.47 Å². The van der Waals surface area contributed by atoms with Gasteiger partial charge in [0, 0.05) is 0 Å². The second-order valence-electron chi connectivity index (χ2n) is 4.99. The Balaban J connectivity index is 3.16. The van der Waals surface area contributed by atoms with Gasteiger partial charge in [0.15, 0.2) is 11.5 Å². The average molecular weight is 269 g/mol. The summed E-state index contributed by atoms with van der Waals surface area (Å²) in [5, 5.41) is 11.1. The number of methoxy groups -OCH3 is 2. The van der Waals surface area contributed by atoms with Gasteiger partial charge in [-0.25, -0.2) is 0 Å². The molecule has 0 amide bonds. The van der Waals surface area contributed by atoms with Crippen LogP contribution in [0.5, 0.6) is 11.5 Å². The number of rotatable bonds is 5. The van der Waals surface area contributed by atoms with Crippen molar-refractivity contribution in [2.75, 3.05) is 14.2 Å². The normalized spacial score (nSPS) is 11.2. The molecular formula is C13H19NO5. The average Bonchev–Trinajstić information content (AvgIpc) is 2.33. The molecule has 0 saturated carbocycles. The molecule has 0 spiro atoms. The molecule has 6 heteroatoms. The van der Waals surface area contributed by atoms with E-state index in [-0.39, 0.29) is 17.9 Å². The van der Waals surface area contributed by atoms with Gasteiger partial charge >= 0.3 is 0 Å². The van der Waals surface area contributed by atoms with Crippen molar-refractivity contribution in [3.05, 3.63) is 27.8 Å². The summed E-state index contributed by atoms with van der Waals surface area (Å²) in [6.45, 7) is 5.80. The van der Waals surface area contributed by atoms with Crippen molar-refractivity contribution in [3.63, 3.8) is 0 Å². The van der Waals surface area contributed by atoms with E-state index in [0.717, 1.165) is 0 Å². The Morgan fingerprint density at radius 1 is 1.16 bits per heavy atom. The second kappa shape index (κ2) is 5.88. The molecule has 0 bridgehead atoms. The zero-order valence-corrected chi connectivity index (χ0v) is 11.9. The minimum atomic E-state index is -0.455. The SMILES string of the molecule is COc1cc(COC(C)(C)C)c([N+](=O)[O-])cc1OC. The summed E-state index contributed by atoms with van der Waals surface area (Å²) in [4.78, 5) is 10.6. The van der Waals surface area contributed by atoms with Gasteiger partial charge in [-0.15, -0.1) is 0 Å². The molecule has 0 radical (unpaired) electrons. The highest BCUT2D eigenvalue weighted by Gasteiger charge is 2.21. The molecule has 1 aromatic rings. The Hall–Kier alpha value is -1.82. The van der Waals surface area contributed by atoms with Crippen LogP contribution in [0.25, 0.3) is 0 Å². The third kappa shape index (κ3) is 4.10. The standard InChI is InChI=1S/C13H19NO5/c1-13(2,3)19-8-9-6-11(17-4)12(18-5)7-10(9)14(15)16/h6-7H,8H2,1-5H3. The molecule has 1 aromatic carbocycles. The summed E-state index contributed by atoms with van der Waals surface area (Å²) in [5.41, 5.74) is 0.0422. The van der Waals surface area contributed by atoms with Crippen LogP contribution in [0.2, 0.25) is 0 Å². The number of hydrogen-bond acceptors (Lipinski definition) is 5. The highest BCUT2D eigenvalue weighted by molar-refractivity contribution is 5.54. The van der Waals surface area contributed by atoms with Gasteiger partial charge in [-0.2, -0.15) is 0 Å². The maximum Gasteiger partial charge on any atom is 0.278 e. The Labute approximate surface area is 112 Å². The van der Waals surface area contributed by atoms with Crippen LogP contribution in [-0.4, -0.2) is 24.7 Å². The molecule has 0 atom stereocenters. The lowest BCUT2D eigenvalue weighted by Crippen LogP contribution is -2.19. The fourth-order valence-corrected chi connectivity index (χ4v) is 1.49. The Morgan fingerprint density at radius 3 is 2.11 bits per heavy atom. The lowest BCUT2D eigenvalue weighted by molar-refractivity contribution is -0.386. The van der Waals surface area contributed by atoms with Crippen LogP contribution >= 0.6 is 0 Å². The summed E-state index contributed by atoms with van der Waals surface area (Å²) in [6, 6.07) is 2.92. The first-order valence-electron chi connectivity index (χ1n) is 5.81. The summed E-state index contributed by atoms with van der Waals surface area (Å²) in [5.74, 6) is 0.773. The Kier molecular flexibility index (Phi) is 4.72. The zero-order valence-electron chi connectivity index (χ0n) is 11.9. The van der Waals surface area contributed by atoms with E-state index in [2.05, 4.69) is 0 Å². The first kappa shape index (κ1) is 15.2. The van der Waals surface area contributed by atoms with Crippen LogP contribution in [-0.2, 0) is 11.3 Å². The number of nitrogens with zero attached hydrogens (tertiary/aromatic N) is 1. The van der Waals surface area contributed by atoms with E-state index >= 15 is 0 Å². The van der Waals surface area contributed by atoms with E-state index < -0.39 is 4.92 Å². The van der Waals surface area contributed by atoms with E-state index in [1.54, 1.807) is 6.07 Å². The van der Waals surface area contributed by atoms with Gasteiger partial charge in [0.1, 0.15) is 0 Å². The molecule has 6 nitrogen and oxygen atoms in total. The molecular weight excluding hydrogens is 250 g/mol. The molecule has 106 valence electrons. The lowest BCUT2D eigenvalue weighted by atomic mass is 10.1. The molecule has 0 fully saturated rings. The molecule has 0 aromatic heterocycles. The van der Waals surface area contributed by atoms with Gasteiger partial charge < -0.3 is 14.2 Å². The second-order valence-corrected chi connectivity index (χ2v) is 4.99. The van der Waals surface area contributed by atoms with Crippen LogP contribution in [0.3, 0.4) is 0 Å². The first-order valence-corrected chi connectivity index (χ1v) is 5.81. The maximum atomic E-state index is 11.1. The van der Waals surface area contributed by atoms with E-state index in [4.69, 9.17) is 14.2 Å². The number of hydrogen-bond donors (Lipinski definition) is 0. The van der Waals surface area contributed by atoms with Crippen molar-refractivity contribution in [2.24, 2.45) is 0 Å². The summed E-state index contributed by atoms with van der Waals surface area (Å²) < 4.78 is 15.8. The van der Waals surface area contributed by atoms with E-state index in [0.29, 0.717) is 17.1 Å². The smallest absolute Gasteiger partial charge is 0.278 e. The van der Waals surface area contributed by atoms with Gasteiger partial charge in [-0.05, 0) is 26.8 Å². The molecule has 0 N–H and O–H groups in total. The topological polar surface area (TPSA) is 70.8 Å². The molecule has 0 aliphatic carbocycles. The van der Waals surface area contributed by atoms with Gasteiger partial charge in [0.2, 0.25) is 0 Å². The minimum Gasteiger partial charge on any atom is -0.493 e. The largest absolute Gasteiger partial charge is 0.493 e. The number of benzene rings is 1. The molecule has 1 rings (SSSR count). The minimum absolute atomic E-state index is 0.0399. The van der Waals surface area contributed by atoms with Crippen molar-refractivity contribution < 1.29 is 19.1 Å². The molecule has 0 aliphatic heterocycles. The van der Waals surface area contributed by atoms with E-state index in [1.807, 2.05) is 20.8 Å². The van der Waals surface area contributed by atoms with Gasteiger partial charge in [0.25, 0.3) is 5.69 Å². The zero-order chi connectivity index (χ0) is 14.6. The van der Waals surface area contributed by atoms with E-state index in [1.165, 1.54) is 20.3 Å². The fraction of sp³-hybridized carbons (Fsp3) is 0.538. The van der Waals surface area contributed by atoms with Crippen LogP contribution in [0.4, 0.5) is 5.69 Å². The summed E-state index contributed by atoms with van der Waals surface area (Å²) in [6.07, 6.45) is 0. The van der Waals surface area contributed by atoms with Gasteiger partial charge in [0.05, 0.1) is 43.0 Å². The highest BCUT2D eigenvalue weighted by Crippen LogP contribution is 2.35. The van der Waals surface area contributed by atoms with Gasteiger partial charge in [-0.3, -0.25) is 10.1 Å². The third-order valence-electron chi connectivity index (χ3n) is 2.44. The quantitative estimate of drug-likeness (QED) is 0.607. The summed E-state index contributed by atoms with van der Waals surface area (Å²) in [7, 11) is 2.92. The lowest BCUT2D eigenvalue weighted by Gasteiger charge is -2.20. The Bertz CT molecular complexity index is 465. The molecule has 0 aliphatic rings. The van der Waals surface area contributed by atoms with Crippen LogP contribution in [0.1, 0.15) is 26.3 Å². The molecule has 0 unspecified atom stereocenters. The molecule has 19 heavy (non-hydrogen) atoms. The summed E-state index contributed by atoms with van der Waals surface area (Å²) >= 11 is 0. The maximum absolute atomic E-state index is 11.1. The van der Waals surface area contributed by atoms with Crippen molar-refractivity contribution in [2.45, 2.75) is 33.0 Å². The van der Waals surface area contributed by atoms with Crippen molar-refractivity contribution in [3.8, 4) is 11.5 Å². The van der Waals surface area contributed by atoms with Crippen LogP contribution in [0, 0.1) is 10.1 Å². The number of nitro groups is 1. The van der Waals surface area contributed by atoms with Crippen LogP contribution in [0.15, 0.2) is 12.1 Å². The Morgan fingerprint density at radius 2 is 1.68 bits per heavy atom. The number of nitro benzene ring substituents is 1. The fourth-order valence-electron chi connectivity index (χ4n) is 1.49. The molecule has 0 saturated heterocycles. The van der Waals surface area contributed by atoms with E-state index in [9.17, 15) is 10.1 Å². The van der Waals surface area contributed by atoms with Crippen molar-refractivity contribution in [1.29, 1.82) is 0 Å². The predicted molar refractivity (Wildman–Crippen MR) is 70.7 cm³/mol. The van der Waals surface area contributed by atoms with Crippen molar-refractivity contribution >= 4 is 5.69 Å². The highest BCUT2D eigenvalue weighted by atomic mass is 16.6. The van der Waals surface area contributed by atoms with Gasteiger partial charge in [-0.1, -0.05) is 0 Å². The predicted octanol–water partition coefficient (Wildman–Crippen LogP) is 2.93. The first-order chi connectivity index (χ1) is 8.78. The number of ether oxygens (including phenoxy) is 3.